The molecule has 36 valence electrons. The summed E-state index contributed by atoms with van der Waals surface area (Å²) in [6, 6.07) is 0. The van der Waals surface area contributed by atoms with E-state index in [2.05, 4.69) is 15.9 Å². The monoisotopic (exact) mass is 150 g/mol. The van der Waals surface area contributed by atoms with E-state index in [1.165, 1.54) is 0 Å². The first-order valence-electron chi connectivity index (χ1n) is 1.78. The van der Waals surface area contributed by atoms with E-state index in [0.717, 1.165) is 6.42 Å². The maximum absolute atomic E-state index is 8.13. The minimum atomic E-state index is 0.238. The molecule has 0 atom stereocenters. The van der Waals surface area contributed by atoms with Crippen LogP contribution in [0, 0.1) is 0 Å². The van der Waals surface area contributed by atoms with Gasteiger partial charge in [0.2, 0.25) is 0 Å². The van der Waals surface area contributed by atoms with Crippen molar-refractivity contribution in [2.45, 2.75) is 6.42 Å². The first-order valence-corrected chi connectivity index (χ1v) is 2.69. The fourth-order valence-corrected chi connectivity index (χ4v) is 0.402. The van der Waals surface area contributed by atoms with E-state index < -0.39 is 0 Å². The van der Waals surface area contributed by atoms with E-state index in [4.69, 9.17) is 5.11 Å². The highest BCUT2D eigenvalue weighted by atomic mass is 79.9. The standard InChI is InChI=1S/C4H7BrO/c5-3-1-2-4-6/h1,3,6H,2,4H2/b3-1-. The second-order valence-corrected chi connectivity index (χ2v) is 1.40. The molecule has 0 unspecified atom stereocenters. The Morgan fingerprint density at radius 3 is 2.50 bits per heavy atom. The van der Waals surface area contributed by atoms with Gasteiger partial charge in [-0.15, -0.1) is 0 Å². The van der Waals surface area contributed by atoms with E-state index in [9.17, 15) is 0 Å². The molecule has 2 heteroatoms. The third-order valence-corrected chi connectivity index (χ3v) is 0.759. The Hall–Kier alpha value is 0.180. The van der Waals surface area contributed by atoms with Crippen LogP contribution in [0.25, 0.3) is 0 Å². The Balaban J connectivity index is 2.66. The number of rotatable bonds is 2. The van der Waals surface area contributed by atoms with Gasteiger partial charge < -0.3 is 5.11 Å². The highest BCUT2D eigenvalue weighted by Gasteiger charge is 1.66. The molecule has 0 aliphatic heterocycles. The molecule has 0 aromatic carbocycles. The van der Waals surface area contributed by atoms with Gasteiger partial charge >= 0.3 is 0 Å². The Kier molecular flexibility index (Phi) is 5.34. The van der Waals surface area contributed by atoms with Gasteiger partial charge in [-0.25, -0.2) is 0 Å². The average molecular weight is 151 g/mol. The quantitative estimate of drug-likeness (QED) is 0.630. The van der Waals surface area contributed by atoms with Crippen molar-refractivity contribution in [1.29, 1.82) is 0 Å². The lowest BCUT2D eigenvalue weighted by molar-refractivity contribution is 0.303. The summed E-state index contributed by atoms with van der Waals surface area (Å²) in [7, 11) is 0. The smallest absolute Gasteiger partial charge is 0.0465 e. The molecule has 0 heterocycles. The summed E-state index contributed by atoms with van der Waals surface area (Å²) in [5.74, 6) is 0. The molecule has 0 fully saturated rings. The van der Waals surface area contributed by atoms with Crippen LogP contribution in [-0.4, -0.2) is 11.7 Å². The Bertz CT molecular complexity index is 42.8. The van der Waals surface area contributed by atoms with Crippen molar-refractivity contribution in [3.63, 3.8) is 0 Å². The second-order valence-electron chi connectivity index (χ2n) is 0.874. The number of halogens is 1. The van der Waals surface area contributed by atoms with E-state index in [1.54, 1.807) is 4.99 Å². The van der Waals surface area contributed by atoms with Crippen LogP contribution in [0.5, 0.6) is 0 Å². The van der Waals surface area contributed by atoms with E-state index >= 15 is 0 Å². The van der Waals surface area contributed by atoms with Gasteiger partial charge in [0.25, 0.3) is 0 Å². The van der Waals surface area contributed by atoms with Gasteiger partial charge in [0.05, 0.1) is 0 Å². The highest BCUT2D eigenvalue weighted by Crippen LogP contribution is 1.84. The third kappa shape index (κ3) is 4.18. The maximum Gasteiger partial charge on any atom is 0.0465 e. The molecule has 0 rings (SSSR count). The van der Waals surface area contributed by atoms with Crippen LogP contribution in [0.15, 0.2) is 11.1 Å². The molecular weight excluding hydrogens is 144 g/mol. The van der Waals surface area contributed by atoms with Gasteiger partial charge in [0, 0.05) is 6.61 Å². The third-order valence-electron chi connectivity index (χ3n) is 0.385. The minimum absolute atomic E-state index is 0.238. The van der Waals surface area contributed by atoms with Gasteiger partial charge in [0.1, 0.15) is 0 Å². The topological polar surface area (TPSA) is 20.2 Å². The van der Waals surface area contributed by atoms with E-state index in [0.29, 0.717) is 0 Å². The molecule has 0 radical (unpaired) electrons. The number of hydrogen-bond acceptors (Lipinski definition) is 1. The molecule has 6 heavy (non-hydrogen) atoms. The van der Waals surface area contributed by atoms with Gasteiger partial charge in [-0.05, 0) is 11.4 Å². The van der Waals surface area contributed by atoms with Gasteiger partial charge in [-0.2, -0.15) is 0 Å². The van der Waals surface area contributed by atoms with Gasteiger partial charge in [0.15, 0.2) is 0 Å². The molecule has 0 bridgehead atoms. The van der Waals surface area contributed by atoms with Gasteiger partial charge in [-0.3, -0.25) is 0 Å². The summed E-state index contributed by atoms with van der Waals surface area (Å²) < 4.78 is 0. The van der Waals surface area contributed by atoms with Crippen molar-refractivity contribution in [3.05, 3.63) is 11.1 Å². The summed E-state index contributed by atoms with van der Waals surface area (Å²) >= 11 is 3.06. The van der Waals surface area contributed by atoms with E-state index in [-0.39, 0.29) is 6.61 Å². The molecule has 0 saturated carbocycles. The molecule has 0 aliphatic carbocycles. The van der Waals surface area contributed by atoms with Crippen molar-refractivity contribution in [3.8, 4) is 0 Å². The SMILES string of the molecule is OCC/C=C\Br. The summed E-state index contributed by atoms with van der Waals surface area (Å²) in [6.07, 6.45) is 2.59. The Morgan fingerprint density at radius 2 is 2.33 bits per heavy atom. The fraction of sp³-hybridized carbons (Fsp3) is 0.500. The normalized spacial score (nSPS) is 10.3. The van der Waals surface area contributed by atoms with Crippen molar-refractivity contribution >= 4 is 15.9 Å². The first kappa shape index (κ1) is 6.18. The first-order chi connectivity index (χ1) is 2.91. The van der Waals surface area contributed by atoms with Crippen molar-refractivity contribution in [1.82, 2.24) is 0 Å². The average Bonchev–Trinajstić information content (AvgIpc) is 1.61. The molecule has 0 aliphatic rings. The van der Waals surface area contributed by atoms with Crippen LogP contribution in [0.4, 0.5) is 0 Å². The van der Waals surface area contributed by atoms with Crippen LogP contribution >= 0.6 is 15.9 Å². The molecule has 0 aromatic rings. The van der Waals surface area contributed by atoms with Crippen LogP contribution in [-0.2, 0) is 0 Å². The summed E-state index contributed by atoms with van der Waals surface area (Å²) in [5, 5.41) is 8.13. The zero-order valence-corrected chi connectivity index (χ0v) is 4.98. The molecule has 0 saturated heterocycles. The van der Waals surface area contributed by atoms with Crippen LogP contribution in [0.3, 0.4) is 0 Å². The zero-order chi connectivity index (χ0) is 4.83. The molecule has 0 amide bonds. The summed E-state index contributed by atoms with van der Waals surface area (Å²) in [6.45, 7) is 0.238. The molecule has 0 spiro atoms. The van der Waals surface area contributed by atoms with E-state index in [1.807, 2.05) is 6.08 Å². The molecule has 0 aromatic heterocycles. The Morgan fingerprint density at radius 1 is 1.67 bits per heavy atom. The predicted octanol–water partition coefficient (Wildman–Crippen LogP) is 1.28. The molecule has 1 N–H and O–H groups in total. The number of hydrogen-bond donors (Lipinski definition) is 1. The highest BCUT2D eigenvalue weighted by molar-refractivity contribution is 9.11. The van der Waals surface area contributed by atoms with Gasteiger partial charge in [-0.1, -0.05) is 22.0 Å². The largest absolute Gasteiger partial charge is 0.396 e. The maximum atomic E-state index is 8.13. The minimum Gasteiger partial charge on any atom is -0.396 e. The summed E-state index contributed by atoms with van der Waals surface area (Å²) in [5.41, 5.74) is 0. The van der Waals surface area contributed by atoms with Crippen LogP contribution in [0.2, 0.25) is 0 Å². The summed E-state index contributed by atoms with van der Waals surface area (Å²) in [4.78, 5) is 1.74. The fourth-order valence-electron chi connectivity index (χ4n) is 0.138. The zero-order valence-electron chi connectivity index (χ0n) is 3.39. The van der Waals surface area contributed by atoms with Crippen LogP contribution in [0.1, 0.15) is 6.42 Å². The van der Waals surface area contributed by atoms with Crippen molar-refractivity contribution in [2.75, 3.05) is 6.61 Å². The number of aliphatic hydroxyl groups is 1. The van der Waals surface area contributed by atoms with Crippen molar-refractivity contribution < 1.29 is 5.11 Å². The molecular formula is C4H7BrO. The van der Waals surface area contributed by atoms with Crippen molar-refractivity contribution in [2.24, 2.45) is 0 Å². The lowest BCUT2D eigenvalue weighted by atomic mass is 10.5. The van der Waals surface area contributed by atoms with Crippen LogP contribution < -0.4 is 0 Å². The predicted molar refractivity (Wildman–Crippen MR) is 29.8 cm³/mol. The Labute approximate surface area is 45.8 Å². The molecule has 1 nitrogen and oxygen atoms in total. The lowest BCUT2D eigenvalue weighted by Gasteiger charge is -1.75. The lowest BCUT2D eigenvalue weighted by Crippen LogP contribution is -1.72. The number of aliphatic hydroxyl groups excluding tert-OH is 1. The second kappa shape index (κ2) is 5.18.